The Morgan fingerprint density at radius 2 is 1.61 bits per heavy atom. The van der Waals surface area contributed by atoms with Gasteiger partial charge in [-0.05, 0) is 36.8 Å². The molecule has 0 bridgehead atoms. The van der Waals surface area contributed by atoms with Gasteiger partial charge in [-0.15, -0.1) is 5.56 Å². The van der Waals surface area contributed by atoms with E-state index in [9.17, 15) is 0 Å². The zero-order valence-corrected chi connectivity index (χ0v) is 17.8. The van der Waals surface area contributed by atoms with Gasteiger partial charge in [0.1, 0.15) is 0 Å². The number of allylic oxidation sites excluding steroid dienone is 1. The quantitative estimate of drug-likeness (QED) is 0.493. The third kappa shape index (κ3) is 7.60. The van der Waals surface area contributed by atoms with Crippen molar-refractivity contribution in [3.05, 3.63) is 66.4 Å². The van der Waals surface area contributed by atoms with Crippen molar-refractivity contribution in [1.29, 1.82) is 5.41 Å². The van der Waals surface area contributed by atoms with Crippen molar-refractivity contribution in [3.8, 4) is 11.1 Å². The number of anilines is 1. The van der Waals surface area contributed by atoms with E-state index in [0.717, 1.165) is 12.1 Å². The fourth-order valence-electron chi connectivity index (χ4n) is 2.19. The predicted octanol–water partition coefficient (Wildman–Crippen LogP) is 2.79. The zero-order chi connectivity index (χ0) is 16.4. The Balaban J connectivity index is 0.00000155. The maximum Gasteiger partial charge on any atom is 1.00 e. The summed E-state index contributed by atoms with van der Waals surface area (Å²) < 4.78 is 0. The smallest absolute Gasteiger partial charge is 0.362 e. The van der Waals surface area contributed by atoms with E-state index in [4.69, 9.17) is 5.41 Å². The van der Waals surface area contributed by atoms with Crippen LogP contribution in [-0.4, -0.2) is 6.72 Å². The summed E-state index contributed by atoms with van der Waals surface area (Å²) in [7, 11) is 0. The number of hydrogen-bond acceptors (Lipinski definition) is 2. The molecule has 2 aromatic carbocycles. The van der Waals surface area contributed by atoms with Crippen molar-refractivity contribution in [2.75, 3.05) is 5.32 Å². The van der Waals surface area contributed by atoms with Crippen LogP contribution in [0.3, 0.4) is 0 Å². The van der Waals surface area contributed by atoms with E-state index < -0.39 is 0 Å². The Labute approximate surface area is 183 Å². The molecule has 2 N–H and O–H groups in total. The third-order valence-electron chi connectivity index (χ3n) is 3.51. The number of nitrogens with one attached hydrogen (secondary N) is 2. The van der Waals surface area contributed by atoms with Gasteiger partial charge < -0.3 is 10.7 Å². The molecule has 0 saturated heterocycles. The van der Waals surface area contributed by atoms with Gasteiger partial charge in [-0.2, -0.15) is 30.3 Å². The summed E-state index contributed by atoms with van der Waals surface area (Å²) in [6.07, 6.45) is 3.22. The molecule has 23 heavy (non-hydrogen) atoms. The molecular weight excluding hydrogens is 307 g/mol. The molecule has 116 valence electrons. The fourth-order valence-corrected chi connectivity index (χ4v) is 2.19. The molecule has 2 nitrogen and oxygen atoms in total. The van der Waals surface area contributed by atoms with E-state index in [1.807, 2.05) is 12.1 Å². The van der Waals surface area contributed by atoms with Gasteiger partial charge in [-0.25, -0.2) is 0 Å². The maximum atomic E-state index is 5.50. The molecule has 2 rings (SSSR count). The molecule has 0 aliphatic heterocycles. The third-order valence-corrected chi connectivity index (χ3v) is 3.51. The number of rotatable bonds is 5. The molecule has 3 heteroatoms. The Morgan fingerprint density at radius 1 is 1.09 bits per heavy atom. The monoisotopic (exact) mass is 332 g/mol. The molecule has 0 radical (unpaired) electrons. The van der Waals surface area contributed by atoms with Crippen molar-refractivity contribution < 1.29 is 51.4 Å². The minimum atomic E-state index is 0. The molecule has 2 aromatic rings. The van der Waals surface area contributed by atoms with Crippen LogP contribution in [0, 0.1) is 17.4 Å². The second-order valence-electron chi connectivity index (χ2n) is 5.24. The summed E-state index contributed by atoms with van der Waals surface area (Å²) in [5, 5.41) is 8.89. The van der Waals surface area contributed by atoms with Gasteiger partial charge in [0.05, 0.1) is 0 Å². The SMILES string of the molecule is C=N.CC/C(=C\Nc1ccc(-c2cc[c-]cc2)cc1)C(C)C.[K+]. The molecule has 0 aliphatic rings. The first-order valence-corrected chi connectivity index (χ1v) is 7.58. The summed E-state index contributed by atoms with van der Waals surface area (Å²) in [4.78, 5) is 0. The van der Waals surface area contributed by atoms with E-state index >= 15 is 0 Å². The van der Waals surface area contributed by atoms with Gasteiger partial charge >= 0.3 is 51.4 Å². The van der Waals surface area contributed by atoms with E-state index in [-0.39, 0.29) is 51.4 Å². The van der Waals surface area contributed by atoms with E-state index in [0.29, 0.717) is 5.92 Å². The zero-order valence-electron chi connectivity index (χ0n) is 14.7. The average Bonchev–Trinajstić information content (AvgIpc) is 2.58. The first-order chi connectivity index (χ1) is 10.7. The molecular formula is C20H25KN2. The van der Waals surface area contributed by atoms with Crippen LogP contribution in [0.4, 0.5) is 5.69 Å². The van der Waals surface area contributed by atoms with Gasteiger partial charge in [-0.1, -0.05) is 38.5 Å². The van der Waals surface area contributed by atoms with Gasteiger partial charge in [0.2, 0.25) is 0 Å². The summed E-state index contributed by atoms with van der Waals surface area (Å²) >= 11 is 0. The Hall–Kier alpha value is -0.714. The average molecular weight is 333 g/mol. The maximum absolute atomic E-state index is 5.50. The number of benzene rings is 2. The van der Waals surface area contributed by atoms with Crippen LogP contribution in [0.15, 0.2) is 60.3 Å². The normalized spacial score (nSPS) is 10.3. The molecule has 0 aromatic heterocycles. The van der Waals surface area contributed by atoms with E-state index in [1.165, 1.54) is 16.7 Å². The van der Waals surface area contributed by atoms with Crippen molar-refractivity contribution >= 4 is 12.4 Å². The van der Waals surface area contributed by atoms with Crippen LogP contribution < -0.4 is 56.7 Å². The second-order valence-corrected chi connectivity index (χ2v) is 5.24. The van der Waals surface area contributed by atoms with Crippen molar-refractivity contribution in [1.82, 2.24) is 0 Å². The van der Waals surface area contributed by atoms with Crippen LogP contribution in [0.1, 0.15) is 27.2 Å². The first-order valence-electron chi connectivity index (χ1n) is 7.58. The summed E-state index contributed by atoms with van der Waals surface area (Å²) in [5.41, 5.74) is 5.02. The molecule has 0 saturated carbocycles. The van der Waals surface area contributed by atoms with Gasteiger partial charge in [0.25, 0.3) is 0 Å². The molecule has 0 heterocycles. The van der Waals surface area contributed by atoms with E-state index in [1.54, 1.807) is 0 Å². The molecule has 0 unspecified atom stereocenters. The summed E-state index contributed by atoms with van der Waals surface area (Å²) in [6, 6.07) is 19.6. The van der Waals surface area contributed by atoms with Crippen LogP contribution in [0.25, 0.3) is 11.1 Å². The molecule has 0 amide bonds. The van der Waals surface area contributed by atoms with Gasteiger partial charge in [0, 0.05) is 11.9 Å². The first kappa shape index (κ1) is 22.3. The predicted molar refractivity (Wildman–Crippen MR) is 97.4 cm³/mol. The molecule has 0 atom stereocenters. The van der Waals surface area contributed by atoms with Gasteiger partial charge in [-0.3, -0.25) is 0 Å². The van der Waals surface area contributed by atoms with Crippen LogP contribution >= 0.6 is 0 Å². The second kappa shape index (κ2) is 12.7. The molecule has 0 fully saturated rings. The van der Waals surface area contributed by atoms with Crippen molar-refractivity contribution in [2.45, 2.75) is 27.2 Å². The Kier molecular flexibility index (Phi) is 12.3. The Bertz CT molecular complexity index is 574. The minimum absolute atomic E-state index is 0. The Morgan fingerprint density at radius 3 is 2.09 bits per heavy atom. The molecule has 0 aliphatic carbocycles. The fraction of sp³-hybridized carbons (Fsp3) is 0.250. The topological polar surface area (TPSA) is 35.9 Å². The summed E-state index contributed by atoms with van der Waals surface area (Å²) in [6.45, 7) is 9.15. The molecule has 0 spiro atoms. The largest absolute Gasteiger partial charge is 1.00 e. The number of hydrogen-bond donors (Lipinski definition) is 2. The van der Waals surface area contributed by atoms with Gasteiger partial charge in [0.15, 0.2) is 0 Å². The standard InChI is InChI=1S/C19H22N.CH3N.K/c1-4-16(15(2)3)14-20-19-12-10-18(11-13-19)17-8-6-5-7-9-17;1-2;/h6-15,20H,4H2,1-3H3;2H,1H2;/q-1;;+1/b16-14+;;. The summed E-state index contributed by atoms with van der Waals surface area (Å²) in [5.74, 6) is 0.590. The van der Waals surface area contributed by atoms with E-state index in [2.05, 4.69) is 81.5 Å². The van der Waals surface area contributed by atoms with Crippen LogP contribution in [0.2, 0.25) is 0 Å². The van der Waals surface area contributed by atoms with Crippen LogP contribution in [-0.2, 0) is 0 Å². The van der Waals surface area contributed by atoms with Crippen LogP contribution in [0.5, 0.6) is 0 Å². The minimum Gasteiger partial charge on any atom is -0.362 e. The van der Waals surface area contributed by atoms with Crippen molar-refractivity contribution in [3.63, 3.8) is 0 Å². The van der Waals surface area contributed by atoms with Crippen molar-refractivity contribution in [2.24, 2.45) is 5.92 Å².